The van der Waals surface area contributed by atoms with Gasteiger partial charge in [0.25, 0.3) is 5.91 Å². The highest BCUT2D eigenvalue weighted by Gasteiger charge is 2.14. The summed E-state index contributed by atoms with van der Waals surface area (Å²) >= 11 is 0. The molecule has 0 radical (unpaired) electrons. The smallest absolute Gasteiger partial charge is 0.259 e. The molecule has 0 aliphatic carbocycles. The molecular formula is C19H16N2O4. The number of phenolic OH excluding ortho intramolecular Hbond substituents is 2. The minimum absolute atomic E-state index is 0.0119. The van der Waals surface area contributed by atoms with Gasteiger partial charge in [0, 0.05) is 11.4 Å². The van der Waals surface area contributed by atoms with Crippen LogP contribution >= 0.6 is 0 Å². The van der Waals surface area contributed by atoms with Crippen molar-refractivity contribution in [1.82, 2.24) is 0 Å². The number of carbonyl (C=O) groups excluding carboxylic acids is 1. The van der Waals surface area contributed by atoms with Crippen LogP contribution in [0.4, 0.5) is 11.4 Å². The molecule has 0 spiro atoms. The first-order valence-electron chi connectivity index (χ1n) is 7.49. The highest BCUT2D eigenvalue weighted by atomic mass is 16.5. The number of ether oxygens (including phenoxy) is 1. The molecule has 0 fully saturated rings. The molecule has 6 heteroatoms. The van der Waals surface area contributed by atoms with Crippen LogP contribution in [0.25, 0.3) is 0 Å². The number of carbonyl (C=O) groups is 1. The van der Waals surface area contributed by atoms with Crippen LogP contribution in [0, 0.1) is 0 Å². The first kappa shape index (κ1) is 16.2. The van der Waals surface area contributed by atoms with Crippen LogP contribution in [-0.2, 0) is 0 Å². The topological polar surface area (TPSA) is 105 Å². The van der Waals surface area contributed by atoms with Crippen LogP contribution in [0.15, 0.2) is 66.7 Å². The Kier molecular flexibility index (Phi) is 4.43. The Hall–Kier alpha value is -3.67. The molecule has 0 saturated carbocycles. The third-order valence-electron chi connectivity index (χ3n) is 3.49. The van der Waals surface area contributed by atoms with Crippen LogP contribution in [0.2, 0.25) is 0 Å². The molecule has 0 aliphatic rings. The van der Waals surface area contributed by atoms with Crippen molar-refractivity contribution in [3.05, 3.63) is 72.3 Å². The third kappa shape index (κ3) is 3.81. The van der Waals surface area contributed by atoms with Gasteiger partial charge in [-0.3, -0.25) is 4.79 Å². The van der Waals surface area contributed by atoms with Crippen molar-refractivity contribution in [3.63, 3.8) is 0 Å². The first-order chi connectivity index (χ1) is 12.0. The molecule has 3 aromatic rings. The number of nitrogen functional groups attached to an aromatic ring is 1. The lowest BCUT2D eigenvalue weighted by Crippen LogP contribution is -2.11. The molecule has 25 heavy (non-hydrogen) atoms. The molecule has 0 atom stereocenters. The predicted octanol–water partition coefficient (Wildman–Crippen LogP) is 3.72. The van der Waals surface area contributed by atoms with Crippen molar-refractivity contribution in [3.8, 4) is 23.0 Å². The van der Waals surface area contributed by atoms with E-state index in [-0.39, 0.29) is 11.3 Å². The minimum atomic E-state index is -0.527. The van der Waals surface area contributed by atoms with Crippen molar-refractivity contribution in [2.45, 2.75) is 0 Å². The molecule has 0 heterocycles. The molecular weight excluding hydrogens is 320 g/mol. The van der Waals surface area contributed by atoms with Gasteiger partial charge in [-0.05, 0) is 60.7 Å². The van der Waals surface area contributed by atoms with E-state index in [2.05, 4.69) is 5.32 Å². The summed E-state index contributed by atoms with van der Waals surface area (Å²) in [5.74, 6) is -0.0811. The molecule has 1 amide bonds. The number of rotatable bonds is 4. The number of aromatic hydroxyl groups is 2. The summed E-state index contributed by atoms with van der Waals surface area (Å²) in [6, 6.07) is 18.0. The number of anilines is 2. The normalized spacial score (nSPS) is 10.2. The number of nitrogens with two attached hydrogens (primary N) is 1. The van der Waals surface area contributed by atoms with E-state index >= 15 is 0 Å². The van der Waals surface area contributed by atoms with Crippen LogP contribution in [0.1, 0.15) is 10.4 Å². The van der Waals surface area contributed by atoms with Crippen LogP contribution in [0.3, 0.4) is 0 Å². The average Bonchev–Trinajstić information content (AvgIpc) is 2.61. The van der Waals surface area contributed by atoms with Gasteiger partial charge >= 0.3 is 0 Å². The second-order valence-corrected chi connectivity index (χ2v) is 5.32. The van der Waals surface area contributed by atoms with E-state index in [1.54, 1.807) is 48.5 Å². The number of hydrogen-bond donors (Lipinski definition) is 4. The van der Waals surface area contributed by atoms with Gasteiger partial charge in [-0.15, -0.1) is 0 Å². The van der Waals surface area contributed by atoms with Crippen molar-refractivity contribution < 1.29 is 19.7 Å². The van der Waals surface area contributed by atoms with E-state index in [4.69, 9.17) is 10.5 Å². The summed E-state index contributed by atoms with van der Waals surface area (Å²) in [5, 5.41) is 21.8. The second kappa shape index (κ2) is 6.84. The summed E-state index contributed by atoms with van der Waals surface area (Å²) in [6.45, 7) is 0. The fourth-order valence-corrected chi connectivity index (χ4v) is 2.19. The monoisotopic (exact) mass is 336 g/mol. The van der Waals surface area contributed by atoms with Crippen LogP contribution in [-0.4, -0.2) is 16.1 Å². The van der Waals surface area contributed by atoms with Gasteiger partial charge in [0.2, 0.25) is 0 Å². The zero-order chi connectivity index (χ0) is 17.8. The molecule has 3 aromatic carbocycles. The van der Waals surface area contributed by atoms with Crippen LogP contribution < -0.4 is 15.8 Å². The van der Waals surface area contributed by atoms with Gasteiger partial charge in [0.05, 0.1) is 5.56 Å². The Labute approximate surface area is 144 Å². The fourth-order valence-electron chi connectivity index (χ4n) is 2.19. The molecule has 0 bridgehead atoms. The van der Waals surface area contributed by atoms with E-state index in [0.717, 1.165) is 0 Å². The summed E-state index contributed by atoms with van der Waals surface area (Å²) < 4.78 is 5.67. The number of hydrogen-bond acceptors (Lipinski definition) is 5. The van der Waals surface area contributed by atoms with Gasteiger partial charge in [0.1, 0.15) is 11.5 Å². The van der Waals surface area contributed by atoms with E-state index in [0.29, 0.717) is 22.9 Å². The SMILES string of the molecule is Nc1ccc(Oc2ccc(NC(=O)c3cccc(O)c3O)cc2)cc1. The Morgan fingerprint density at radius 3 is 2.12 bits per heavy atom. The highest BCUT2D eigenvalue weighted by molar-refractivity contribution is 6.06. The van der Waals surface area contributed by atoms with Gasteiger partial charge in [-0.1, -0.05) is 6.07 Å². The molecule has 3 rings (SSSR count). The Balaban J connectivity index is 1.69. The standard InChI is InChI=1S/C19H16N2O4/c20-12-4-8-14(9-5-12)25-15-10-6-13(7-11-15)21-19(24)16-2-1-3-17(22)18(16)23/h1-11,22-23H,20H2,(H,21,24). The van der Waals surface area contributed by atoms with E-state index in [1.165, 1.54) is 18.2 Å². The quantitative estimate of drug-likeness (QED) is 0.429. The lowest BCUT2D eigenvalue weighted by atomic mass is 10.1. The van der Waals surface area contributed by atoms with Gasteiger partial charge in [-0.2, -0.15) is 0 Å². The van der Waals surface area contributed by atoms with Gasteiger partial charge in [0.15, 0.2) is 11.5 Å². The minimum Gasteiger partial charge on any atom is -0.504 e. The molecule has 5 N–H and O–H groups in total. The zero-order valence-electron chi connectivity index (χ0n) is 13.1. The lowest BCUT2D eigenvalue weighted by molar-refractivity contribution is 0.102. The van der Waals surface area contributed by atoms with Crippen molar-refractivity contribution in [2.24, 2.45) is 0 Å². The number of phenols is 2. The molecule has 0 unspecified atom stereocenters. The highest BCUT2D eigenvalue weighted by Crippen LogP contribution is 2.29. The second-order valence-electron chi connectivity index (χ2n) is 5.32. The Morgan fingerprint density at radius 1 is 0.880 bits per heavy atom. The van der Waals surface area contributed by atoms with Gasteiger partial charge in [-0.25, -0.2) is 0 Å². The maximum absolute atomic E-state index is 12.2. The third-order valence-corrected chi connectivity index (χ3v) is 3.49. The van der Waals surface area contributed by atoms with Crippen LogP contribution in [0.5, 0.6) is 23.0 Å². The summed E-state index contributed by atoms with van der Waals surface area (Å²) in [6.07, 6.45) is 0. The molecule has 6 nitrogen and oxygen atoms in total. The Morgan fingerprint density at radius 2 is 1.48 bits per heavy atom. The van der Waals surface area contributed by atoms with Crippen molar-refractivity contribution in [1.29, 1.82) is 0 Å². The van der Waals surface area contributed by atoms with Crippen molar-refractivity contribution >= 4 is 17.3 Å². The summed E-state index contributed by atoms with van der Waals surface area (Å²) in [7, 11) is 0. The van der Waals surface area contributed by atoms with Crippen molar-refractivity contribution in [2.75, 3.05) is 11.1 Å². The summed E-state index contributed by atoms with van der Waals surface area (Å²) in [5.41, 5.74) is 6.79. The maximum atomic E-state index is 12.2. The van der Waals surface area contributed by atoms with E-state index in [9.17, 15) is 15.0 Å². The largest absolute Gasteiger partial charge is 0.504 e. The Bertz CT molecular complexity index is 890. The van der Waals surface area contributed by atoms with Gasteiger partial charge < -0.3 is 26.0 Å². The molecule has 0 saturated heterocycles. The number of nitrogens with one attached hydrogen (secondary N) is 1. The number of amides is 1. The lowest BCUT2D eigenvalue weighted by Gasteiger charge is -2.09. The van der Waals surface area contributed by atoms with E-state index in [1.807, 2.05) is 0 Å². The number of benzene rings is 3. The van der Waals surface area contributed by atoms with E-state index < -0.39 is 11.7 Å². The maximum Gasteiger partial charge on any atom is 0.259 e. The molecule has 126 valence electrons. The molecule has 0 aliphatic heterocycles. The first-order valence-corrected chi connectivity index (χ1v) is 7.49. The molecule has 0 aromatic heterocycles. The average molecular weight is 336 g/mol. The zero-order valence-corrected chi connectivity index (χ0v) is 13.1. The predicted molar refractivity (Wildman–Crippen MR) is 95.1 cm³/mol. The fraction of sp³-hybridized carbons (Fsp3) is 0. The summed E-state index contributed by atoms with van der Waals surface area (Å²) in [4.78, 5) is 12.2. The number of para-hydroxylation sites is 1.